The van der Waals surface area contributed by atoms with E-state index in [9.17, 15) is 24.6 Å². The van der Waals surface area contributed by atoms with E-state index in [0.29, 0.717) is 48.9 Å². The third-order valence-corrected chi connectivity index (χ3v) is 16.9. The number of hydrogen-bond acceptors (Lipinski definition) is 4. The van der Waals surface area contributed by atoms with Crippen LogP contribution in [0.2, 0.25) is 0 Å². The monoisotopic (exact) mass is 748 g/mol. The maximum Gasteiger partial charge on any atom is 0.335 e. The van der Waals surface area contributed by atoms with E-state index in [1.54, 1.807) is 12.1 Å². The number of carboxylic acid groups (broad SMARTS) is 2. The van der Waals surface area contributed by atoms with Crippen molar-refractivity contribution in [3.8, 4) is 0 Å². The highest BCUT2D eigenvalue weighted by atomic mass is 16.4. The lowest BCUT2D eigenvalue weighted by molar-refractivity contribution is -0.225. The number of carboxylic acids is 2. The van der Waals surface area contributed by atoms with E-state index < -0.39 is 17.4 Å². The molecule has 2 aromatic rings. The molecule has 0 aromatic heterocycles. The smallest absolute Gasteiger partial charge is 0.335 e. The molecule has 0 saturated heterocycles. The predicted molar refractivity (Wildman–Crippen MR) is 218 cm³/mol. The van der Waals surface area contributed by atoms with Crippen LogP contribution in [0.15, 0.2) is 72.8 Å². The van der Waals surface area contributed by atoms with Crippen LogP contribution in [0.3, 0.4) is 0 Å². The third kappa shape index (κ3) is 6.41. The first kappa shape index (κ1) is 39.5. The van der Waals surface area contributed by atoms with E-state index in [4.69, 9.17) is 0 Å². The molecule has 0 bridgehead atoms. The quantitative estimate of drug-likeness (QED) is 0.198. The summed E-state index contributed by atoms with van der Waals surface area (Å²) in [7, 11) is 0. The molecule has 0 heterocycles. The van der Waals surface area contributed by atoms with Gasteiger partial charge in [-0.2, -0.15) is 0 Å². The number of fused-ring (bicyclic) bond motifs is 7. The van der Waals surface area contributed by atoms with Gasteiger partial charge in [-0.25, -0.2) is 4.79 Å². The van der Waals surface area contributed by atoms with Gasteiger partial charge in [0.25, 0.3) is 0 Å². The molecule has 0 unspecified atom stereocenters. The molecule has 2 aromatic carbocycles. The van der Waals surface area contributed by atoms with Gasteiger partial charge in [0.15, 0.2) is 0 Å². The first-order valence-corrected chi connectivity index (χ1v) is 20.9. The summed E-state index contributed by atoms with van der Waals surface area (Å²) in [6, 6.07) is 17.4. The Hall–Kier alpha value is -3.71. The van der Waals surface area contributed by atoms with E-state index >= 15 is 0 Å². The summed E-state index contributed by atoms with van der Waals surface area (Å²) in [4.78, 5) is 39.9. The second kappa shape index (κ2) is 14.3. The Kier molecular flexibility index (Phi) is 10.3. The minimum atomic E-state index is -0.890. The summed E-state index contributed by atoms with van der Waals surface area (Å²) in [6.07, 6.45) is 12.0. The van der Waals surface area contributed by atoms with Crippen LogP contribution in [0, 0.1) is 56.7 Å². The van der Waals surface area contributed by atoms with Crippen molar-refractivity contribution in [2.24, 2.45) is 56.7 Å². The van der Waals surface area contributed by atoms with Crippen LogP contribution in [0.4, 0.5) is 0 Å². The number of aromatic carboxylic acids is 1. The van der Waals surface area contributed by atoms with Crippen LogP contribution in [0.25, 0.3) is 5.57 Å². The fourth-order valence-electron chi connectivity index (χ4n) is 14.2. The highest BCUT2D eigenvalue weighted by Crippen LogP contribution is 2.77. The molecule has 0 radical (unpaired) electrons. The number of nitrogens with one attached hydrogen (secondary N) is 1. The summed E-state index contributed by atoms with van der Waals surface area (Å²) >= 11 is 0. The SMILES string of the molecule is C=C(C)[C@@H]1CC[C@]2(C(=O)NCCN(CC(=O)O)Cc3ccccc3)CC[C@]3(C)[C@H](CC[C@@H]4[C@@]5(C)CC=C(c6ccc(C(=O)O)cc6)C(C)(C)[C@@H]5CC[C@]43C)[C@@H]12. The zero-order chi connectivity index (χ0) is 39.6. The molecule has 0 aliphatic heterocycles. The van der Waals surface area contributed by atoms with Crippen molar-refractivity contribution in [1.82, 2.24) is 10.2 Å². The normalized spacial score (nSPS) is 36.1. The standard InChI is InChI=1S/C48H64N2O5/c1-31(2)35-19-24-48(43(55)49-27-28-50(30-40(51)52)29-32-11-9-8-10-12-32)26-25-46(6)37(41(35)48)17-18-39-45(5)22-20-36(33-13-15-34(16-14-33)42(53)54)44(3,4)38(45)21-23-47(39,46)7/h8-16,20,35,37-39,41H,1,17-19,21-30H2,2-7H3,(H,49,55)(H,51,52)(H,53,54)/t35-,37+,38-,39+,41+,45-,46+,47+,48-/m0/s1. The van der Waals surface area contributed by atoms with Gasteiger partial charge in [-0.3, -0.25) is 14.5 Å². The summed E-state index contributed by atoms with van der Waals surface area (Å²) in [5, 5.41) is 22.5. The third-order valence-electron chi connectivity index (χ3n) is 16.9. The van der Waals surface area contributed by atoms with Crippen molar-refractivity contribution in [1.29, 1.82) is 0 Å². The summed E-state index contributed by atoms with van der Waals surface area (Å²) in [6.45, 7) is 20.8. The molecule has 4 saturated carbocycles. The van der Waals surface area contributed by atoms with Gasteiger partial charge >= 0.3 is 11.9 Å². The molecule has 1 amide bonds. The molecule has 7 rings (SSSR count). The van der Waals surface area contributed by atoms with Gasteiger partial charge in [-0.1, -0.05) is 95.3 Å². The molecule has 7 heteroatoms. The topological polar surface area (TPSA) is 107 Å². The molecular weight excluding hydrogens is 685 g/mol. The number of benzene rings is 2. The number of aliphatic carboxylic acids is 1. The van der Waals surface area contributed by atoms with E-state index in [1.165, 1.54) is 30.4 Å². The first-order valence-electron chi connectivity index (χ1n) is 20.9. The van der Waals surface area contributed by atoms with Gasteiger partial charge in [0, 0.05) is 19.6 Å². The molecule has 0 spiro atoms. The van der Waals surface area contributed by atoms with Gasteiger partial charge in [-0.15, -0.1) is 0 Å². The van der Waals surface area contributed by atoms with E-state index in [-0.39, 0.29) is 40.0 Å². The molecule has 5 aliphatic carbocycles. The Bertz CT molecular complexity index is 1850. The van der Waals surface area contributed by atoms with Crippen LogP contribution < -0.4 is 5.32 Å². The number of hydrogen-bond donors (Lipinski definition) is 3. The number of allylic oxidation sites excluding steroid dienone is 3. The van der Waals surface area contributed by atoms with Crippen LogP contribution in [-0.4, -0.2) is 52.6 Å². The number of nitrogens with zero attached hydrogens (tertiary/aromatic N) is 1. The van der Waals surface area contributed by atoms with Crippen molar-refractivity contribution < 1.29 is 24.6 Å². The van der Waals surface area contributed by atoms with Gasteiger partial charge in [-0.05, 0) is 145 Å². The van der Waals surface area contributed by atoms with Crippen LogP contribution in [-0.2, 0) is 16.1 Å². The lowest BCUT2D eigenvalue weighted by Gasteiger charge is -2.72. The Balaban J connectivity index is 1.13. The highest BCUT2D eigenvalue weighted by Gasteiger charge is 2.71. The second-order valence-corrected chi connectivity index (χ2v) is 19.6. The Morgan fingerprint density at radius 3 is 2.20 bits per heavy atom. The van der Waals surface area contributed by atoms with Crippen molar-refractivity contribution >= 4 is 23.4 Å². The van der Waals surface area contributed by atoms with E-state index in [0.717, 1.165) is 49.7 Å². The molecule has 7 nitrogen and oxygen atoms in total. The zero-order valence-corrected chi connectivity index (χ0v) is 34.1. The number of carbonyl (C=O) groups excluding carboxylic acids is 1. The van der Waals surface area contributed by atoms with E-state index in [1.807, 2.05) is 47.4 Å². The Labute approximate surface area is 329 Å². The molecule has 5 aliphatic rings. The fraction of sp³-hybridized carbons (Fsp3) is 0.604. The van der Waals surface area contributed by atoms with Crippen molar-refractivity contribution in [3.63, 3.8) is 0 Å². The minimum absolute atomic E-state index is 0.0473. The second-order valence-electron chi connectivity index (χ2n) is 19.6. The van der Waals surface area contributed by atoms with Gasteiger partial charge < -0.3 is 15.5 Å². The molecule has 3 N–H and O–H groups in total. The number of carbonyl (C=O) groups is 3. The number of amides is 1. The molecule has 4 fully saturated rings. The first-order chi connectivity index (χ1) is 26.0. The maximum atomic E-state index is 14.7. The van der Waals surface area contributed by atoms with Crippen LogP contribution in [0.1, 0.15) is 121 Å². The summed E-state index contributed by atoms with van der Waals surface area (Å²) < 4.78 is 0. The van der Waals surface area contributed by atoms with Crippen molar-refractivity contribution in [3.05, 3.63) is 89.5 Å². The molecule has 296 valence electrons. The van der Waals surface area contributed by atoms with Gasteiger partial charge in [0.05, 0.1) is 17.5 Å². The number of rotatable bonds is 11. The van der Waals surface area contributed by atoms with Crippen molar-refractivity contribution in [2.45, 2.75) is 106 Å². The molecule has 9 atom stereocenters. The Morgan fingerprint density at radius 2 is 1.55 bits per heavy atom. The zero-order valence-electron chi connectivity index (χ0n) is 34.1. The van der Waals surface area contributed by atoms with Crippen molar-refractivity contribution in [2.75, 3.05) is 19.6 Å². The molecule has 55 heavy (non-hydrogen) atoms. The maximum absolute atomic E-state index is 14.7. The lowest BCUT2D eigenvalue weighted by atomic mass is 9.32. The van der Waals surface area contributed by atoms with Gasteiger partial charge in [0.2, 0.25) is 5.91 Å². The fourth-order valence-corrected chi connectivity index (χ4v) is 14.2. The predicted octanol–water partition coefficient (Wildman–Crippen LogP) is 9.74. The van der Waals surface area contributed by atoms with Gasteiger partial charge in [0.1, 0.15) is 0 Å². The van der Waals surface area contributed by atoms with E-state index in [2.05, 4.69) is 59.5 Å². The minimum Gasteiger partial charge on any atom is -0.480 e. The average Bonchev–Trinajstić information content (AvgIpc) is 3.53. The summed E-state index contributed by atoms with van der Waals surface area (Å²) in [5.41, 5.74) is 5.02. The lowest BCUT2D eigenvalue weighted by Crippen LogP contribution is -2.66. The largest absolute Gasteiger partial charge is 0.480 e. The molecular formula is C48H64N2O5. The van der Waals surface area contributed by atoms with Crippen LogP contribution >= 0.6 is 0 Å². The average molecular weight is 749 g/mol. The highest BCUT2D eigenvalue weighted by molar-refractivity contribution is 5.88. The summed E-state index contributed by atoms with van der Waals surface area (Å²) in [5.74, 6) is 0.535. The Morgan fingerprint density at radius 1 is 0.836 bits per heavy atom. The van der Waals surface area contributed by atoms with Crippen LogP contribution in [0.5, 0.6) is 0 Å².